The summed E-state index contributed by atoms with van der Waals surface area (Å²) in [6.07, 6.45) is 0. The Kier molecular flexibility index (Phi) is 7.75. The van der Waals surface area contributed by atoms with Gasteiger partial charge in [0.25, 0.3) is 5.91 Å². The van der Waals surface area contributed by atoms with Crippen LogP contribution < -0.4 is 15.6 Å². The van der Waals surface area contributed by atoms with Crippen LogP contribution in [0.5, 0.6) is 0 Å². The van der Waals surface area contributed by atoms with Gasteiger partial charge >= 0.3 is 0 Å². The summed E-state index contributed by atoms with van der Waals surface area (Å²) in [7, 11) is 3.95. The molecule has 0 radical (unpaired) electrons. The molecule has 0 bridgehead atoms. The van der Waals surface area contributed by atoms with E-state index in [0.29, 0.717) is 5.71 Å². The molecule has 6 nitrogen and oxygen atoms in total. The highest BCUT2D eigenvalue weighted by molar-refractivity contribution is 5.99. The van der Waals surface area contributed by atoms with E-state index in [1.54, 1.807) is 0 Å². The molecule has 0 aliphatic heterocycles. The fraction of sp³-hybridized carbons (Fsp3) is 0.192. The first kappa shape index (κ1) is 22.7. The zero-order valence-corrected chi connectivity index (χ0v) is 18.6. The quantitative estimate of drug-likeness (QED) is 0.426. The molecule has 0 fully saturated rings. The van der Waals surface area contributed by atoms with Gasteiger partial charge in [0.05, 0.1) is 18.2 Å². The van der Waals surface area contributed by atoms with Gasteiger partial charge in [-0.1, -0.05) is 72.8 Å². The Balaban J connectivity index is 1.61. The third-order valence-electron chi connectivity index (χ3n) is 5.10. The van der Waals surface area contributed by atoms with Crippen LogP contribution in [0.15, 0.2) is 90.0 Å². The molecule has 0 heterocycles. The van der Waals surface area contributed by atoms with Gasteiger partial charge in [0.2, 0.25) is 5.91 Å². The minimum atomic E-state index is -0.495. The molecule has 3 aromatic rings. The molecule has 2 N–H and O–H groups in total. The predicted molar refractivity (Wildman–Crippen MR) is 129 cm³/mol. The normalized spacial score (nSPS) is 11.2. The maximum Gasteiger partial charge on any atom is 0.259 e. The van der Waals surface area contributed by atoms with Crippen LogP contribution in [0.3, 0.4) is 0 Å². The van der Waals surface area contributed by atoms with Crippen molar-refractivity contribution in [3.8, 4) is 0 Å². The molecule has 0 saturated heterocycles. The van der Waals surface area contributed by atoms with Crippen LogP contribution in [-0.4, -0.2) is 38.2 Å². The van der Waals surface area contributed by atoms with E-state index in [1.165, 1.54) is 0 Å². The largest absolute Gasteiger partial charge is 0.378 e. The van der Waals surface area contributed by atoms with Gasteiger partial charge in [-0.2, -0.15) is 5.10 Å². The summed E-state index contributed by atoms with van der Waals surface area (Å²) in [5, 5.41) is 6.90. The van der Waals surface area contributed by atoms with Crippen molar-refractivity contribution in [2.45, 2.75) is 12.8 Å². The van der Waals surface area contributed by atoms with Crippen molar-refractivity contribution in [1.29, 1.82) is 0 Å². The lowest BCUT2D eigenvalue weighted by atomic mass is 9.90. The molecular weight excluding hydrogens is 400 g/mol. The minimum Gasteiger partial charge on any atom is -0.378 e. The van der Waals surface area contributed by atoms with Crippen molar-refractivity contribution >= 4 is 23.2 Å². The van der Waals surface area contributed by atoms with E-state index in [-0.39, 0.29) is 18.4 Å². The van der Waals surface area contributed by atoms with Crippen LogP contribution >= 0.6 is 0 Å². The second-order valence-corrected chi connectivity index (χ2v) is 7.65. The average molecular weight is 429 g/mol. The summed E-state index contributed by atoms with van der Waals surface area (Å²) in [6, 6.07) is 26.9. The summed E-state index contributed by atoms with van der Waals surface area (Å²) in [6.45, 7) is 1.66. The number of carbonyl (C=O) groups excluding carboxylic acids is 2. The van der Waals surface area contributed by atoms with Crippen molar-refractivity contribution in [3.63, 3.8) is 0 Å². The molecule has 6 heteroatoms. The zero-order chi connectivity index (χ0) is 22.9. The Bertz CT molecular complexity index is 1020. The summed E-state index contributed by atoms with van der Waals surface area (Å²) in [5.74, 6) is -1.12. The van der Waals surface area contributed by atoms with Crippen molar-refractivity contribution in [2.24, 2.45) is 5.10 Å². The van der Waals surface area contributed by atoms with E-state index in [1.807, 2.05) is 111 Å². The average Bonchev–Trinajstić information content (AvgIpc) is 2.82. The second kappa shape index (κ2) is 10.9. The van der Waals surface area contributed by atoms with E-state index in [0.717, 1.165) is 22.4 Å². The maximum absolute atomic E-state index is 13.0. The Morgan fingerprint density at radius 1 is 0.844 bits per heavy atom. The number of nitrogens with one attached hydrogen (secondary N) is 2. The molecule has 3 aromatic carbocycles. The molecule has 0 spiro atoms. The van der Waals surface area contributed by atoms with E-state index in [4.69, 9.17) is 0 Å². The molecule has 0 aliphatic rings. The van der Waals surface area contributed by atoms with Crippen molar-refractivity contribution in [1.82, 2.24) is 10.7 Å². The van der Waals surface area contributed by atoms with Gasteiger partial charge < -0.3 is 10.2 Å². The molecule has 0 atom stereocenters. The molecule has 2 amide bonds. The van der Waals surface area contributed by atoms with E-state index in [9.17, 15) is 9.59 Å². The van der Waals surface area contributed by atoms with Gasteiger partial charge in [-0.05, 0) is 35.7 Å². The number of hydrazone groups is 1. The molecule has 0 saturated carbocycles. The first-order chi connectivity index (χ1) is 15.5. The number of anilines is 1. The van der Waals surface area contributed by atoms with Gasteiger partial charge in [-0.15, -0.1) is 0 Å². The van der Waals surface area contributed by atoms with E-state index in [2.05, 4.69) is 15.8 Å². The number of amides is 2. The van der Waals surface area contributed by atoms with Crippen molar-refractivity contribution in [3.05, 3.63) is 102 Å². The van der Waals surface area contributed by atoms with Crippen LogP contribution in [0.25, 0.3) is 0 Å². The van der Waals surface area contributed by atoms with E-state index < -0.39 is 5.92 Å². The molecule has 32 heavy (non-hydrogen) atoms. The van der Waals surface area contributed by atoms with Gasteiger partial charge in [-0.25, -0.2) is 5.43 Å². The summed E-state index contributed by atoms with van der Waals surface area (Å²) in [4.78, 5) is 27.3. The van der Waals surface area contributed by atoms with Gasteiger partial charge in [-0.3, -0.25) is 9.59 Å². The molecule has 0 aromatic heterocycles. The number of hydrogen-bond donors (Lipinski definition) is 2. The van der Waals surface area contributed by atoms with Crippen molar-refractivity contribution in [2.75, 3.05) is 25.5 Å². The van der Waals surface area contributed by atoms with Crippen LogP contribution in [0.1, 0.15) is 29.5 Å². The number of carbonyl (C=O) groups is 2. The topological polar surface area (TPSA) is 73.8 Å². The standard InChI is InChI=1S/C26H28N4O2/c1-19(20-14-16-23(17-15-20)30(2)3)28-29-24(31)18-27-26(32)25(21-10-6-4-7-11-21)22-12-8-5-9-13-22/h4-17,25H,18H2,1-3H3,(H,27,32)(H,29,31)/b28-19-. The number of rotatable bonds is 8. The Morgan fingerprint density at radius 2 is 1.38 bits per heavy atom. The molecular formula is C26H28N4O2. The van der Waals surface area contributed by atoms with Crippen LogP contribution in [0.2, 0.25) is 0 Å². The van der Waals surface area contributed by atoms with Crippen LogP contribution in [-0.2, 0) is 9.59 Å². The summed E-state index contributed by atoms with van der Waals surface area (Å²) in [5.41, 5.74) is 6.93. The third-order valence-corrected chi connectivity index (χ3v) is 5.10. The maximum atomic E-state index is 13.0. The SMILES string of the molecule is C/C(=N/NC(=O)CNC(=O)C(c1ccccc1)c1ccccc1)c1ccc(N(C)C)cc1. The lowest BCUT2D eigenvalue weighted by Gasteiger charge is -2.17. The Labute approximate surface area is 189 Å². The third kappa shape index (κ3) is 6.04. The monoisotopic (exact) mass is 428 g/mol. The lowest BCUT2D eigenvalue weighted by Crippen LogP contribution is -2.38. The van der Waals surface area contributed by atoms with Crippen molar-refractivity contribution < 1.29 is 9.59 Å². The van der Waals surface area contributed by atoms with Gasteiger partial charge in [0, 0.05) is 19.8 Å². The fourth-order valence-electron chi connectivity index (χ4n) is 3.31. The first-order valence-corrected chi connectivity index (χ1v) is 10.4. The second-order valence-electron chi connectivity index (χ2n) is 7.65. The predicted octanol–water partition coefficient (Wildman–Crippen LogP) is 3.54. The highest BCUT2D eigenvalue weighted by atomic mass is 16.2. The lowest BCUT2D eigenvalue weighted by molar-refractivity contribution is -0.126. The number of benzene rings is 3. The molecule has 0 aliphatic carbocycles. The smallest absolute Gasteiger partial charge is 0.259 e. The van der Waals surface area contributed by atoms with Gasteiger partial charge in [0.15, 0.2) is 0 Å². The summed E-state index contributed by atoms with van der Waals surface area (Å²) < 4.78 is 0. The summed E-state index contributed by atoms with van der Waals surface area (Å²) >= 11 is 0. The first-order valence-electron chi connectivity index (χ1n) is 10.4. The Morgan fingerprint density at radius 3 is 1.88 bits per heavy atom. The Hall–Kier alpha value is -3.93. The van der Waals surface area contributed by atoms with E-state index >= 15 is 0 Å². The number of nitrogens with zero attached hydrogens (tertiary/aromatic N) is 2. The highest BCUT2D eigenvalue weighted by Gasteiger charge is 2.22. The number of hydrogen-bond acceptors (Lipinski definition) is 4. The van der Waals surface area contributed by atoms with Crippen LogP contribution in [0.4, 0.5) is 5.69 Å². The fourth-order valence-corrected chi connectivity index (χ4v) is 3.31. The molecule has 3 rings (SSSR count). The highest BCUT2D eigenvalue weighted by Crippen LogP contribution is 2.24. The van der Waals surface area contributed by atoms with Crippen LogP contribution in [0, 0.1) is 0 Å². The van der Waals surface area contributed by atoms with Gasteiger partial charge in [0.1, 0.15) is 0 Å². The molecule has 164 valence electrons. The molecule has 0 unspecified atom stereocenters. The minimum absolute atomic E-state index is 0.161. The zero-order valence-electron chi connectivity index (χ0n) is 18.6.